The summed E-state index contributed by atoms with van der Waals surface area (Å²) < 4.78 is 18.6. The van der Waals surface area contributed by atoms with Gasteiger partial charge in [0.25, 0.3) is 0 Å². The topological polar surface area (TPSA) is 36.1 Å². The standard InChI is InChI=1S/C54H34N2O2/c1-2-12-33(13-3-1)34-22-24-35(25-23-34)42-32-44-43-30-36(55-46-18-8-4-14-38(46)39-15-5-9-19-47(39)55)26-28-50(43)57-53(44)54-52(42)45-31-37(27-29-51(45)58-54)56-48-20-10-6-16-40(48)41-17-7-11-21-49(41)56/h1-10,12-20,22-32H,11,21H2. The zero-order valence-corrected chi connectivity index (χ0v) is 31.4. The first-order chi connectivity index (χ1) is 28.8. The van der Waals surface area contributed by atoms with Crippen LogP contribution in [-0.2, 0) is 6.42 Å². The van der Waals surface area contributed by atoms with Crippen LogP contribution >= 0.6 is 0 Å². The van der Waals surface area contributed by atoms with E-state index in [4.69, 9.17) is 8.83 Å². The summed E-state index contributed by atoms with van der Waals surface area (Å²) in [4.78, 5) is 0. The van der Waals surface area contributed by atoms with Gasteiger partial charge < -0.3 is 18.0 Å². The summed E-state index contributed by atoms with van der Waals surface area (Å²) in [5.41, 5.74) is 16.3. The van der Waals surface area contributed by atoms with Crippen LogP contribution in [0.15, 0.2) is 185 Å². The molecule has 0 saturated carbocycles. The minimum Gasteiger partial charge on any atom is -0.452 e. The van der Waals surface area contributed by atoms with E-state index in [1.54, 1.807) is 0 Å². The van der Waals surface area contributed by atoms with Gasteiger partial charge in [-0.05, 0) is 95.8 Å². The minimum atomic E-state index is 0.765. The summed E-state index contributed by atoms with van der Waals surface area (Å²) in [6, 6.07) is 61.2. The van der Waals surface area contributed by atoms with Crippen LogP contribution in [0.25, 0.3) is 116 Å². The Morgan fingerprint density at radius 3 is 1.72 bits per heavy atom. The molecule has 0 saturated heterocycles. The third-order valence-corrected chi connectivity index (χ3v) is 12.4. The highest BCUT2D eigenvalue weighted by Crippen LogP contribution is 2.46. The van der Waals surface area contributed by atoms with Crippen LogP contribution in [0.2, 0.25) is 0 Å². The Morgan fingerprint density at radius 1 is 0.414 bits per heavy atom. The lowest BCUT2D eigenvalue weighted by atomic mass is 9.95. The van der Waals surface area contributed by atoms with E-state index in [2.05, 4.69) is 191 Å². The molecule has 1 aliphatic carbocycles. The predicted molar refractivity (Wildman–Crippen MR) is 240 cm³/mol. The molecule has 0 N–H and O–H groups in total. The van der Waals surface area contributed by atoms with Crippen LogP contribution in [0.3, 0.4) is 0 Å². The normalized spacial score (nSPS) is 13.0. The lowest BCUT2D eigenvalue weighted by molar-refractivity contribution is 0.633. The zero-order valence-electron chi connectivity index (χ0n) is 31.4. The molecule has 58 heavy (non-hydrogen) atoms. The van der Waals surface area contributed by atoms with E-state index in [1.165, 1.54) is 55.1 Å². The molecule has 0 radical (unpaired) electrons. The fourth-order valence-electron chi connectivity index (χ4n) is 9.79. The van der Waals surface area contributed by atoms with Crippen molar-refractivity contribution >= 4 is 82.7 Å². The molecular weight excluding hydrogens is 709 g/mol. The van der Waals surface area contributed by atoms with Crippen molar-refractivity contribution in [1.29, 1.82) is 0 Å². The van der Waals surface area contributed by atoms with Crippen LogP contribution in [0.5, 0.6) is 0 Å². The SMILES string of the molecule is C1=Cc2c(n(-c3ccc4oc5c6oc7ccc(-n8c9ccccc9c9ccccc98)cc7c6cc(-c6ccc(-c7ccccc7)cc6)c5c4c3)c3ccccc23)CC1. The molecule has 0 spiro atoms. The molecule has 0 unspecified atom stereocenters. The average Bonchev–Trinajstić information content (AvgIpc) is 4.04. The number of allylic oxidation sites excluding steroid dienone is 1. The quantitative estimate of drug-likeness (QED) is 0.180. The number of para-hydroxylation sites is 3. The molecular formula is C54H34N2O2. The van der Waals surface area contributed by atoms with Crippen molar-refractivity contribution in [1.82, 2.24) is 9.13 Å². The fraction of sp³-hybridized carbons (Fsp3) is 0.0370. The molecule has 8 aromatic carbocycles. The summed E-state index contributed by atoms with van der Waals surface area (Å²) in [5, 5.41) is 7.98. The summed E-state index contributed by atoms with van der Waals surface area (Å²) in [6.07, 6.45) is 6.63. The van der Waals surface area contributed by atoms with E-state index < -0.39 is 0 Å². The number of furan rings is 2. The summed E-state index contributed by atoms with van der Waals surface area (Å²) in [5.74, 6) is 0. The van der Waals surface area contributed by atoms with Crippen LogP contribution in [0.1, 0.15) is 17.7 Å². The van der Waals surface area contributed by atoms with Gasteiger partial charge in [-0.1, -0.05) is 121 Å². The Labute approximate surface area is 333 Å². The van der Waals surface area contributed by atoms with Gasteiger partial charge in [0.1, 0.15) is 11.2 Å². The second kappa shape index (κ2) is 12.0. The van der Waals surface area contributed by atoms with Gasteiger partial charge in [-0.25, -0.2) is 0 Å². The first-order valence-electron chi connectivity index (χ1n) is 20.1. The number of benzene rings is 8. The highest BCUT2D eigenvalue weighted by molar-refractivity contribution is 6.24. The summed E-state index contributed by atoms with van der Waals surface area (Å²) >= 11 is 0. The van der Waals surface area contributed by atoms with Gasteiger partial charge in [-0.15, -0.1) is 0 Å². The van der Waals surface area contributed by atoms with Gasteiger partial charge in [0.15, 0.2) is 11.2 Å². The second-order valence-corrected chi connectivity index (χ2v) is 15.5. The van der Waals surface area contributed by atoms with Crippen LogP contribution in [0, 0.1) is 0 Å². The molecule has 4 aromatic heterocycles. The molecule has 272 valence electrons. The highest BCUT2D eigenvalue weighted by atomic mass is 16.4. The number of hydrogen-bond acceptors (Lipinski definition) is 2. The van der Waals surface area contributed by atoms with Crippen molar-refractivity contribution in [2.75, 3.05) is 0 Å². The van der Waals surface area contributed by atoms with Crippen molar-refractivity contribution in [3.63, 3.8) is 0 Å². The maximum absolute atomic E-state index is 6.92. The van der Waals surface area contributed by atoms with E-state index in [9.17, 15) is 0 Å². The summed E-state index contributed by atoms with van der Waals surface area (Å²) in [6.45, 7) is 0. The molecule has 4 heterocycles. The van der Waals surface area contributed by atoms with Crippen LogP contribution in [-0.4, -0.2) is 9.13 Å². The lowest BCUT2D eigenvalue weighted by Gasteiger charge is -2.13. The monoisotopic (exact) mass is 742 g/mol. The third kappa shape index (κ3) is 4.45. The second-order valence-electron chi connectivity index (χ2n) is 15.5. The zero-order chi connectivity index (χ0) is 37.9. The van der Waals surface area contributed by atoms with Crippen molar-refractivity contribution in [3.8, 4) is 33.6 Å². The largest absolute Gasteiger partial charge is 0.452 e. The first-order valence-corrected chi connectivity index (χ1v) is 20.1. The molecule has 0 fully saturated rings. The van der Waals surface area contributed by atoms with E-state index in [0.29, 0.717) is 0 Å². The number of fused-ring (bicyclic) bond motifs is 13. The van der Waals surface area contributed by atoms with Crippen molar-refractivity contribution < 1.29 is 8.83 Å². The predicted octanol–water partition coefficient (Wildman–Crippen LogP) is 14.8. The molecule has 0 amide bonds. The molecule has 13 rings (SSSR count). The van der Waals surface area contributed by atoms with Gasteiger partial charge in [0, 0.05) is 60.3 Å². The average molecular weight is 743 g/mol. The highest BCUT2D eigenvalue weighted by Gasteiger charge is 2.24. The minimum absolute atomic E-state index is 0.765. The van der Waals surface area contributed by atoms with E-state index >= 15 is 0 Å². The number of hydrogen-bond donors (Lipinski definition) is 0. The van der Waals surface area contributed by atoms with E-state index in [-0.39, 0.29) is 0 Å². The van der Waals surface area contributed by atoms with Crippen molar-refractivity contribution in [3.05, 3.63) is 187 Å². The number of rotatable bonds is 4. The smallest absolute Gasteiger partial charge is 0.179 e. The Bertz CT molecular complexity index is 3610. The van der Waals surface area contributed by atoms with Gasteiger partial charge in [-0.3, -0.25) is 0 Å². The van der Waals surface area contributed by atoms with Gasteiger partial charge in [-0.2, -0.15) is 0 Å². The molecule has 4 nitrogen and oxygen atoms in total. The molecule has 0 aliphatic heterocycles. The van der Waals surface area contributed by atoms with Gasteiger partial charge in [0.05, 0.1) is 16.6 Å². The number of nitrogens with zero attached hydrogens (tertiary/aromatic N) is 2. The summed E-state index contributed by atoms with van der Waals surface area (Å²) in [7, 11) is 0. The fourth-order valence-corrected chi connectivity index (χ4v) is 9.79. The molecule has 0 bridgehead atoms. The Kier molecular flexibility index (Phi) is 6.53. The van der Waals surface area contributed by atoms with Crippen LogP contribution in [0.4, 0.5) is 0 Å². The lowest BCUT2D eigenvalue weighted by Crippen LogP contribution is -2.02. The maximum atomic E-state index is 6.92. The van der Waals surface area contributed by atoms with E-state index in [1.807, 2.05) is 0 Å². The van der Waals surface area contributed by atoms with E-state index in [0.717, 1.165) is 79.2 Å². The van der Waals surface area contributed by atoms with Gasteiger partial charge in [0.2, 0.25) is 0 Å². The Morgan fingerprint density at radius 2 is 0.983 bits per heavy atom. The maximum Gasteiger partial charge on any atom is 0.179 e. The Balaban J connectivity index is 1.08. The molecule has 0 atom stereocenters. The molecule has 1 aliphatic rings. The van der Waals surface area contributed by atoms with Crippen molar-refractivity contribution in [2.45, 2.75) is 12.8 Å². The first kappa shape index (κ1) is 31.6. The Hall–Kier alpha value is -7.56. The molecule has 12 aromatic rings. The number of aromatic nitrogens is 2. The molecule has 4 heteroatoms. The van der Waals surface area contributed by atoms with Crippen molar-refractivity contribution in [2.24, 2.45) is 0 Å². The van der Waals surface area contributed by atoms with Crippen LogP contribution < -0.4 is 0 Å². The van der Waals surface area contributed by atoms with Gasteiger partial charge >= 0.3 is 0 Å². The third-order valence-electron chi connectivity index (χ3n) is 12.4.